The van der Waals surface area contributed by atoms with Crippen molar-refractivity contribution in [3.63, 3.8) is 0 Å². The van der Waals surface area contributed by atoms with Crippen molar-refractivity contribution < 1.29 is 4.79 Å². The van der Waals surface area contributed by atoms with Crippen LogP contribution in [-0.2, 0) is 17.5 Å². The van der Waals surface area contributed by atoms with Gasteiger partial charge in [-0.2, -0.15) is 0 Å². The van der Waals surface area contributed by atoms with Crippen molar-refractivity contribution in [2.75, 3.05) is 6.54 Å². The van der Waals surface area contributed by atoms with Gasteiger partial charge >= 0.3 is 0 Å². The topological polar surface area (TPSA) is 49.0 Å². The molecule has 1 N–H and O–H groups in total. The molecule has 2 heterocycles. The van der Waals surface area contributed by atoms with Gasteiger partial charge in [-0.1, -0.05) is 75.2 Å². The van der Waals surface area contributed by atoms with E-state index in [9.17, 15) is 4.79 Å². The zero-order valence-corrected chi connectivity index (χ0v) is 17.1. The lowest BCUT2D eigenvalue weighted by Crippen LogP contribution is -2.22. The average molecular weight is 377 g/mol. The van der Waals surface area contributed by atoms with Crippen LogP contribution in [-0.4, -0.2) is 35.7 Å². The second-order valence-corrected chi connectivity index (χ2v) is 7.87. The van der Waals surface area contributed by atoms with E-state index in [1.807, 2.05) is 4.90 Å². The third kappa shape index (κ3) is 5.06. The molecule has 0 bridgehead atoms. The van der Waals surface area contributed by atoms with Crippen molar-refractivity contribution in [3.8, 4) is 11.3 Å². The Morgan fingerprint density at radius 1 is 1.18 bits per heavy atom. The molecule has 2 aromatic rings. The van der Waals surface area contributed by atoms with E-state index in [2.05, 4.69) is 36.2 Å². The lowest BCUT2D eigenvalue weighted by Gasteiger charge is -2.17. The van der Waals surface area contributed by atoms with Crippen molar-refractivity contribution in [2.24, 2.45) is 0 Å². The van der Waals surface area contributed by atoms with Gasteiger partial charge in [0.15, 0.2) is 0 Å². The number of aryl methyl sites for hydroxylation is 1. The number of hydrogen-bond acceptors (Lipinski definition) is 2. The number of rotatable bonds is 11. The number of aromatic nitrogens is 2. The van der Waals surface area contributed by atoms with Crippen LogP contribution in [0.4, 0.5) is 0 Å². The van der Waals surface area contributed by atoms with Crippen LogP contribution >= 0.6 is 0 Å². The van der Waals surface area contributed by atoms with Gasteiger partial charge in [-0.3, -0.25) is 4.79 Å². The first-order chi connectivity index (χ1) is 13.8. The maximum absolute atomic E-state index is 11.4. The SMILES string of the molecule is [B]Cc1ccc(-c2nc(C3CCCN3C=O)[nH]c2CCCCCCCC)cc1. The monoisotopic (exact) mass is 377 g/mol. The summed E-state index contributed by atoms with van der Waals surface area (Å²) in [6.07, 6.45) is 12.2. The van der Waals surface area contributed by atoms with E-state index >= 15 is 0 Å². The molecule has 1 unspecified atom stereocenters. The standard InChI is InChI=1S/C23H32BN3O/c1-2-3-4-5-6-7-9-20-22(19-13-11-18(16-24)12-14-19)26-23(25-20)21-10-8-15-27(21)17-28/h11-14,17,21H,2-10,15-16H2,1H3,(H,25,26). The number of amides is 1. The summed E-state index contributed by atoms with van der Waals surface area (Å²) in [5.41, 5.74) is 4.48. The van der Waals surface area contributed by atoms with Gasteiger partial charge in [0, 0.05) is 17.8 Å². The lowest BCUT2D eigenvalue weighted by molar-refractivity contribution is -0.119. The fourth-order valence-electron chi connectivity index (χ4n) is 4.10. The molecule has 1 amide bonds. The molecule has 5 heteroatoms. The second-order valence-electron chi connectivity index (χ2n) is 7.87. The predicted molar refractivity (Wildman–Crippen MR) is 115 cm³/mol. The van der Waals surface area contributed by atoms with Gasteiger partial charge in [-0.05, 0) is 25.7 Å². The fourth-order valence-corrected chi connectivity index (χ4v) is 4.10. The Morgan fingerprint density at radius 2 is 1.93 bits per heavy atom. The zero-order valence-electron chi connectivity index (χ0n) is 17.1. The van der Waals surface area contributed by atoms with E-state index in [-0.39, 0.29) is 6.04 Å². The summed E-state index contributed by atoms with van der Waals surface area (Å²) in [6, 6.07) is 8.45. The second kappa shape index (κ2) is 10.5. The lowest BCUT2D eigenvalue weighted by atomic mass is 9.95. The normalized spacial score (nSPS) is 16.6. The summed E-state index contributed by atoms with van der Waals surface area (Å²) in [4.78, 5) is 21.8. The first-order valence-electron chi connectivity index (χ1n) is 10.9. The summed E-state index contributed by atoms with van der Waals surface area (Å²) in [5, 5.41) is 0. The fraction of sp³-hybridized carbons (Fsp3) is 0.565. The maximum Gasteiger partial charge on any atom is 0.210 e. The van der Waals surface area contributed by atoms with Gasteiger partial charge in [-0.25, -0.2) is 4.98 Å². The van der Waals surface area contributed by atoms with E-state index in [1.165, 1.54) is 44.2 Å². The Kier molecular flexibility index (Phi) is 7.75. The van der Waals surface area contributed by atoms with Gasteiger partial charge in [0.1, 0.15) is 5.82 Å². The van der Waals surface area contributed by atoms with Crippen LogP contribution in [0.3, 0.4) is 0 Å². The van der Waals surface area contributed by atoms with Gasteiger partial charge in [0.05, 0.1) is 19.6 Å². The van der Waals surface area contributed by atoms with Crippen LogP contribution in [0, 0.1) is 0 Å². The van der Waals surface area contributed by atoms with Gasteiger partial charge < -0.3 is 9.88 Å². The van der Waals surface area contributed by atoms with Crippen LogP contribution in [0.15, 0.2) is 24.3 Å². The molecular formula is C23H32BN3O. The highest BCUT2D eigenvalue weighted by Gasteiger charge is 2.28. The summed E-state index contributed by atoms with van der Waals surface area (Å²) in [5.74, 6) is 0.934. The average Bonchev–Trinajstić information content (AvgIpc) is 3.37. The summed E-state index contributed by atoms with van der Waals surface area (Å²) < 4.78 is 0. The van der Waals surface area contributed by atoms with Crippen molar-refractivity contribution in [1.82, 2.24) is 14.9 Å². The van der Waals surface area contributed by atoms with E-state index in [0.29, 0.717) is 6.32 Å². The van der Waals surface area contributed by atoms with Crippen molar-refractivity contribution in [3.05, 3.63) is 41.3 Å². The van der Waals surface area contributed by atoms with Gasteiger partial charge in [0.2, 0.25) is 6.41 Å². The number of likely N-dealkylation sites (tertiary alicyclic amines) is 1. The molecular weight excluding hydrogens is 345 g/mol. The third-order valence-electron chi connectivity index (χ3n) is 5.79. The highest BCUT2D eigenvalue weighted by molar-refractivity contribution is 6.08. The maximum atomic E-state index is 11.4. The summed E-state index contributed by atoms with van der Waals surface area (Å²) in [6.45, 7) is 3.07. The molecule has 148 valence electrons. The minimum Gasteiger partial charge on any atom is -0.344 e. The molecule has 1 aromatic heterocycles. The number of hydrogen-bond donors (Lipinski definition) is 1. The Balaban J connectivity index is 1.77. The molecule has 1 aromatic carbocycles. The van der Waals surface area contributed by atoms with E-state index < -0.39 is 0 Å². The minimum absolute atomic E-state index is 0.0814. The smallest absolute Gasteiger partial charge is 0.210 e. The number of imidazole rings is 1. The van der Waals surface area contributed by atoms with E-state index in [1.54, 1.807) is 0 Å². The van der Waals surface area contributed by atoms with E-state index in [4.69, 9.17) is 12.8 Å². The highest BCUT2D eigenvalue weighted by Crippen LogP contribution is 2.32. The number of nitrogens with zero attached hydrogens (tertiary/aromatic N) is 2. The van der Waals surface area contributed by atoms with Crippen molar-refractivity contribution >= 4 is 14.3 Å². The van der Waals surface area contributed by atoms with Crippen LogP contribution in [0.2, 0.25) is 0 Å². The Hall–Kier alpha value is -2.04. The van der Waals surface area contributed by atoms with Crippen molar-refractivity contribution in [2.45, 2.75) is 77.1 Å². The quantitative estimate of drug-likeness (QED) is 0.343. The number of nitrogens with one attached hydrogen (secondary N) is 1. The number of carbonyl (C=O) groups is 1. The van der Waals surface area contributed by atoms with Crippen LogP contribution < -0.4 is 0 Å². The number of unbranched alkanes of at least 4 members (excludes halogenated alkanes) is 5. The molecule has 1 aliphatic rings. The molecule has 3 rings (SSSR count). The predicted octanol–water partition coefficient (Wildman–Crippen LogP) is 4.94. The van der Waals surface area contributed by atoms with Crippen LogP contribution in [0.5, 0.6) is 0 Å². The minimum atomic E-state index is 0.0814. The Bertz CT molecular complexity index is 741. The Labute approximate surface area is 170 Å². The molecule has 1 saturated heterocycles. The molecule has 28 heavy (non-hydrogen) atoms. The molecule has 1 atom stereocenters. The van der Waals surface area contributed by atoms with E-state index in [0.717, 1.165) is 54.9 Å². The molecule has 0 spiro atoms. The first kappa shape index (κ1) is 20.7. The van der Waals surface area contributed by atoms with Crippen LogP contribution in [0.25, 0.3) is 11.3 Å². The molecule has 1 fully saturated rings. The number of H-pyrrole nitrogens is 1. The highest BCUT2D eigenvalue weighted by atomic mass is 16.1. The van der Waals surface area contributed by atoms with Crippen LogP contribution in [0.1, 0.15) is 81.4 Å². The number of aromatic amines is 1. The first-order valence-corrected chi connectivity index (χ1v) is 10.9. The zero-order chi connectivity index (χ0) is 19.8. The molecule has 0 saturated carbocycles. The van der Waals surface area contributed by atoms with Crippen molar-refractivity contribution in [1.29, 1.82) is 0 Å². The summed E-state index contributed by atoms with van der Waals surface area (Å²) >= 11 is 0. The number of carbonyl (C=O) groups excluding carboxylic acids is 1. The molecule has 4 nitrogen and oxygen atoms in total. The molecule has 0 aliphatic carbocycles. The molecule has 1 aliphatic heterocycles. The number of benzene rings is 1. The third-order valence-corrected chi connectivity index (χ3v) is 5.79. The summed E-state index contributed by atoms with van der Waals surface area (Å²) in [7, 11) is 5.74. The van der Waals surface area contributed by atoms with Gasteiger partial charge in [-0.15, -0.1) is 0 Å². The van der Waals surface area contributed by atoms with Gasteiger partial charge in [0.25, 0.3) is 0 Å². The molecule has 2 radical (unpaired) electrons. The Morgan fingerprint density at radius 3 is 2.64 bits per heavy atom. The largest absolute Gasteiger partial charge is 0.344 e.